The van der Waals surface area contributed by atoms with Gasteiger partial charge < -0.3 is 5.73 Å². The lowest BCUT2D eigenvalue weighted by Gasteiger charge is -2.19. The van der Waals surface area contributed by atoms with Crippen LogP contribution in [0.1, 0.15) is 31.9 Å². The highest BCUT2D eigenvalue weighted by Gasteiger charge is 2.28. The molecule has 0 aliphatic heterocycles. The molecule has 0 unspecified atom stereocenters. The summed E-state index contributed by atoms with van der Waals surface area (Å²) in [5, 5.41) is 0. The highest BCUT2D eigenvalue weighted by molar-refractivity contribution is 7.90. The zero-order chi connectivity index (χ0) is 14.0. The number of hydrogen-bond donors (Lipinski definition) is 2. The first-order valence-corrected chi connectivity index (χ1v) is 7.40. The van der Waals surface area contributed by atoms with Crippen LogP contribution in [0.3, 0.4) is 0 Å². The molecular weight excluding hydrogens is 268 g/mol. The Bertz CT molecular complexity index is 545. The van der Waals surface area contributed by atoms with Crippen LogP contribution in [0.4, 0.5) is 0 Å². The molecule has 0 spiro atoms. The Hall–Kier alpha value is -0.980. The Balaban J connectivity index is 2.82. The van der Waals surface area contributed by atoms with Crippen LogP contribution in [0.2, 0.25) is 0 Å². The van der Waals surface area contributed by atoms with E-state index in [0.29, 0.717) is 4.99 Å². The maximum Gasteiger partial charge on any atom is 0.216 e. The summed E-state index contributed by atoms with van der Waals surface area (Å²) in [5.74, 6) is 0. The van der Waals surface area contributed by atoms with Gasteiger partial charge in [-0.1, -0.05) is 30.4 Å². The van der Waals surface area contributed by atoms with Crippen LogP contribution in [-0.4, -0.2) is 18.2 Å². The molecule has 100 valence electrons. The lowest BCUT2D eigenvalue weighted by Crippen LogP contribution is -2.38. The van der Waals surface area contributed by atoms with Crippen molar-refractivity contribution in [2.24, 2.45) is 5.73 Å². The Morgan fingerprint density at radius 2 is 2.00 bits per heavy atom. The largest absolute Gasteiger partial charge is 0.389 e. The molecule has 18 heavy (non-hydrogen) atoms. The van der Waals surface area contributed by atoms with E-state index in [0.717, 1.165) is 11.1 Å². The van der Waals surface area contributed by atoms with Crippen molar-refractivity contribution in [2.75, 3.05) is 0 Å². The van der Waals surface area contributed by atoms with Crippen molar-refractivity contribution in [1.29, 1.82) is 0 Å². The van der Waals surface area contributed by atoms with Gasteiger partial charge >= 0.3 is 0 Å². The molecular formula is C12H18N2O2S2. The normalized spacial score (nSPS) is 12.4. The second-order valence-corrected chi connectivity index (χ2v) is 7.96. The van der Waals surface area contributed by atoms with Gasteiger partial charge in [-0.3, -0.25) is 0 Å². The Labute approximate surface area is 114 Å². The van der Waals surface area contributed by atoms with Crippen molar-refractivity contribution in [3.8, 4) is 0 Å². The van der Waals surface area contributed by atoms with Crippen molar-refractivity contribution in [3.63, 3.8) is 0 Å². The monoisotopic (exact) mass is 286 g/mol. The van der Waals surface area contributed by atoms with Crippen LogP contribution in [0.15, 0.2) is 24.3 Å². The smallest absolute Gasteiger partial charge is 0.216 e. The minimum Gasteiger partial charge on any atom is -0.389 e. The highest BCUT2D eigenvalue weighted by Crippen LogP contribution is 2.14. The lowest BCUT2D eigenvalue weighted by molar-refractivity contribution is 0.544. The van der Waals surface area contributed by atoms with Crippen LogP contribution >= 0.6 is 12.2 Å². The summed E-state index contributed by atoms with van der Waals surface area (Å²) in [5.41, 5.74) is 7.09. The van der Waals surface area contributed by atoms with Gasteiger partial charge in [-0.15, -0.1) is 0 Å². The minimum atomic E-state index is -3.34. The molecule has 4 nitrogen and oxygen atoms in total. The van der Waals surface area contributed by atoms with Crippen molar-refractivity contribution < 1.29 is 8.42 Å². The number of benzene rings is 1. The Morgan fingerprint density at radius 3 is 2.50 bits per heavy atom. The number of thiocarbonyl (C=S) groups is 1. The molecule has 0 aliphatic rings. The van der Waals surface area contributed by atoms with Gasteiger partial charge in [0, 0.05) is 12.1 Å². The molecule has 0 fully saturated rings. The van der Waals surface area contributed by atoms with Gasteiger partial charge in [0.1, 0.15) is 4.99 Å². The van der Waals surface area contributed by atoms with E-state index in [-0.39, 0.29) is 6.54 Å². The average molecular weight is 286 g/mol. The molecule has 3 N–H and O–H groups in total. The Morgan fingerprint density at radius 1 is 1.39 bits per heavy atom. The van der Waals surface area contributed by atoms with Gasteiger partial charge in [-0.2, -0.15) is 0 Å². The van der Waals surface area contributed by atoms with Crippen molar-refractivity contribution >= 4 is 27.2 Å². The molecule has 0 saturated heterocycles. The van der Waals surface area contributed by atoms with E-state index in [9.17, 15) is 8.42 Å². The fourth-order valence-electron chi connectivity index (χ4n) is 1.23. The summed E-state index contributed by atoms with van der Waals surface area (Å²) < 4.78 is 25.5. The summed E-state index contributed by atoms with van der Waals surface area (Å²) in [6, 6.07) is 7.21. The quantitative estimate of drug-likeness (QED) is 0.824. The van der Waals surface area contributed by atoms with E-state index in [1.165, 1.54) is 0 Å². The molecule has 0 amide bonds. The second-order valence-electron chi connectivity index (χ2n) is 5.00. The van der Waals surface area contributed by atoms with Gasteiger partial charge in [0.25, 0.3) is 0 Å². The van der Waals surface area contributed by atoms with Crippen LogP contribution in [0.5, 0.6) is 0 Å². The van der Waals surface area contributed by atoms with Crippen molar-refractivity contribution in [1.82, 2.24) is 4.72 Å². The summed E-state index contributed by atoms with van der Waals surface area (Å²) in [6.07, 6.45) is 0. The highest BCUT2D eigenvalue weighted by atomic mass is 32.2. The SMILES string of the molecule is CC(C)(C)S(=O)(=O)NCc1cccc(C(N)=S)c1. The first kappa shape index (κ1) is 15.1. The molecule has 0 heterocycles. The maximum absolute atomic E-state index is 11.9. The van der Waals surface area contributed by atoms with Crippen molar-refractivity contribution in [2.45, 2.75) is 32.1 Å². The first-order chi connectivity index (χ1) is 8.13. The van der Waals surface area contributed by atoms with Crippen molar-refractivity contribution in [3.05, 3.63) is 35.4 Å². The molecule has 6 heteroatoms. The van der Waals surface area contributed by atoms with Crippen LogP contribution in [0.25, 0.3) is 0 Å². The number of rotatable bonds is 4. The standard InChI is InChI=1S/C12H18N2O2S2/c1-12(2,3)18(15,16)14-8-9-5-4-6-10(7-9)11(13)17/h4-7,14H,8H2,1-3H3,(H2,13,17). The summed E-state index contributed by atoms with van der Waals surface area (Å²) in [7, 11) is -3.34. The van der Waals surface area contributed by atoms with Crippen LogP contribution in [0, 0.1) is 0 Å². The van der Waals surface area contributed by atoms with Gasteiger partial charge in [-0.25, -0.2) is 13.1 Å². The minimum absolute atomic E-state index is 0.232. The molecule has 0 saturated carbocycles. The van der Waals surface area contributed by atoms with Gasteiger partial charge in [0.05, 0.1) is 4.75 Å². The predicted octanol–water partition coefficient (Wildman–Crippen LogP) is 1.54. The second kappa shape index (κ2) is 5.34. The lowest BCUT2D eigenvalue weighted by atomic mass is 10.1. The van der Waals surface area contributed by atoms with Gasteiger partial charge in [-0.05, 0) is 32.4 Å². The van der Waals surface area contributed by atoms with E-state index in [1.807, 2.05) is 6.07 Å². The predicted molar refractivity (Wildman–Crippen MR) is 77.8 cm³/mol. The number of hydrogen-bond acceptors (Lipinski definition) is 3. The van der Waals surface area contributed by atoms with Gasteiger partial charge in [0.15, 0.2) is 0 Å². The number of nitrogens with two attached hydrogens (primary N) is 1. The molecule has 1 rings (SSSR count). The maximum atomic E-state index is 11.9. The first-order valence-electron chi connectivity index (χ1n) is 5.51. The molecule has 0 aliphatic carbocycles. The van der Waals surface area contributed by atoms with E-state index in [1.54, 1.807) is 39.0 Å². The summed E-state index contributed by atoms with van der Waals surface area (Å²) in [6.45, 7) is 5.19. The third-order valence-electron chi connectivity index (χ3n) is 2.48. The zero-order valence-corrected chi connectivity index (χ0v) is 12.4. The fourth-order valence-corrected chi connectivity index (χ4v) is 2.15. The van der Waals surface area contributed by atoms with E-state index in [4.69, 9.17) is 18.0 Å². The fraction of sp³-hybridized carbons (Fsp3) is 0.417. The van der Waals surface area contributed by atoms with Crippen LogP contribution < -0.4 is 10.5 Å². The molecule has 1 aromatic carbocycles. The Kier molecular flexibility index (Phi) is 4.47. The molecule has 0 aromatic heterocycles. The van der Waals surface area contributed by atoms with Gasteiger partial charge in [0.2, 0.25) is 10.0 Å². The topological polar surface area (TPSA) is 72.2 Å². The summed E-state index contributed by atoms with van der Waals surface area (Å²) >= 11 is 4.88. The van der Waals surface area contributed by atoms with E-state index >= 15 is 0 Å². The third kappa shape index (κ3) is 3.76. The van der Waals surface area contributed by atoms with Crippen LogP contribution in [-0.2, 0) is 16.6 Å². The number of nitrogens with one attached hydrogen (secondary N) is 1. The zero-order valence-electron chi connectivity index (χ0n) is 10.7. The third-order valence-corrected chi connectivity index (χ3v) is 4.86. The summed E-state index contributed by atoms with van der Waals surface area (Å²) in [4.78, 5) is 0.301. The van der Waals surface area contributed by atoms with E-state index in [2.05, 4.69) is 4.72 Å². The molecule has 0 atom stereocenters. The number of sulfonamides is 1. The molecule has 0 bridgehead atoms. The average Bonchev–Trinajstić information content (AvgIpc) is 2.25. The molecule has 0 radical (unpaired) electrons. The van der Waals surface area contributed by atoms with E-state index < -0.39 is 14.8 Å². The molecule has 1 aromatic rings.